The molecule has 1 aromatic carbocycles. The third kappa shape index (κ3) is 5.96. The molecular weight excluding hydrogens is 394 g/mol. The zero-order valence-corrected chi connectivity index (χ0v) is 18.4. The maximum absolute atomic E-state index is 12.9. The van der Waals surface area contributed by atoms with Crippen LogP contribution in [0.5, 0.6) is 0 Å². The molecule has 1 aliphatic heterocycles. The molecule has 2 N–H and O–H groups in total. The summed E-state index contributed by atoms with van der Waals surface area (Å²) >= 11 is 0. The van der Waals surface area contributed by atoms with E-state index in [1.165, 1.54) is 0 Å². The molecule has 1 aliphatic carbocycles. The van der Waals surface area contributed by atoms with Crippen molar-refractivity contribution in [2.75, 3.05) is 46.6 Å². The Hall–Kier alpha value is -3.10. The first-order valence-corrected chi connectivity index (χ1v) is 10.3. The molecule has 2 aliphatic rings. The van der Waals surface area contributed by atoms with Gasteiger partial charge in [0, 0.05) is 42.9 Å². The lowest BCUT2D eigenvalue weighted by Gasteiger charge is -2.23. The van der Waals surface area contributed by atoms with E-state index in [-0.39, 0.29) is 17.6 Å². The minimum Gasteiger partial charge on any atom is -0.326 e. The Morgan fingerprint density at radius 3 is 2.29 bits per heavy atom. The predicted molar refractivity (Wildman–Crippen MR) is 122 cm³/mol. The smallest absolute Gasteiger partial charge is 0.225 e. The fraction of sp³-hybridized carbons (Fsp3) is 0.391. The molecule has 3 rings (SSSR count). The summed E-state index contributed by atoms with van der Waals surface area (Å²) in [4.78, 5) is 45.7. The molecule has 1 aromatic rings. The molecule has 2 amide bonds. The lowest BCUT2D eigenvalue weighted by atomic mass is 9.86. The van der Waals surface area contributed by atoms with Gasteiger partial charge in [-0.3, -0.25) is 19.4 Å². The first-order chi connectivity index (χ1) is 14.7. The van der Waals surface area contributed by atoms with Crippen LogP contribution in [0.1, 0.15) is 23.2 Å². The molecule has 8 nitrogen and oxygen atoms in total. The van der Waals surface area contributed by atoms with E-state index >= 15 is 0 Å². The van der Waals surface area contributed by atoms with Gasteiger partial charge in [-0.05, 0) is 58.5 Å². The minimum atomic E-state index is -0.463. The second-order valence-electron chi connectivity index (χ2n) is 8.27. The highest BCUT2D eigenvalue weighted by atomic mass is 16.2. The number of carbonyl (C=O) groups is 3. The van der Waals surface area contributed by atoms with Crippen molar-refractivity contribution >= 4 is 34.7 Å². The van der Waals surface area contributed by atoms with Gasteiger partial charge in [-0.15, -0.1) is 0 Å². The molecule has 1 atom stereocenters. The van der Waals surface area contributed by atoms with E-state index in [0.29, 0.717) is 54.3 Å². The summed E-state index contributed by atoms with van der Waals surface area (Å²) in [6.07, 6.45) is 6.01. The zero-order valence-electron chi connectivity index (χ0n) is 18.4. The number of allylic oxidation sites excluding steroid dienone is 3. The maximum Gasteiger partial charge on any atom is 0.225 e. The van der Waals surface area contributed by atoms with Crippen LogP contribution in [-0.2, 0) is 9.59 Å². The molecular formula is C23H29N5O3. The maximum atomic E-state index is 12.9. The number of ketones is 1. The first-order valence-electron chi connectivity index (χ1n) is 10.3. The quantitative estimate of drug-likeness (QED) is 0.667. The van der Waals surface area contributed by atoms with Gasteiger partial charge in [-0.1, -0.05) is 6.08 Å². The molecule has 0 spiro atoms. The van der Waals surface area contributed by atoms with Crippen molar-refractivity contribution in [1.82, 2.24) is 15.1 Å². The Labute approximate surface area is 182 Å². The minimum absolute atomic E-state index is 0.0454. The van der Waals surface area contributed by atoms with E-state index in [1.807, 2.05) is 38.0 Å². The zero-order chi connectivity index (χ0) is 22.5. The number of anilines is 1. The number of fused-ring (bicyclic) bond motifs is 2. The van der Waals surface area contributed by atoms with E-state index < -0.39 is 5.92 Å². The highest BCUT2D eigenvalue weighted by molar-refractivity contribution is 6.23. The molecule has 1 heterocycles. The summed E-state index contributed by atoms with van der Waals surface area (Å²) in [6, 6.07) is 5.14. The molecule has 0 fully saturated rings. The van der Waals surface area contributed by atoms with Crippen molar-refractivity contribution in [1.29, 1.82) is 0 Å². The number of Topliss-reactive ketones (excluding diaryl/α,β-unsaturated/α-hetero) is 1. The van der Waals surface area contributed by atoms with Gasteiger partial charge in [0.1, 0.15) is 0 Å². The van der Waals surface area contributed by atoms with Crippen LogP contribution in [0.2, 0.25) is 0 Å². The number of benzene rings is 1. The topological polar surface area (TPSA) is 94.1 Å². The number of nitrogens with one attached hydrogen (secondary N) is 2. The lowest BCUT2D eigenvalue weighted by Crippen LogP contribution is -2.31. The Bertz CT molecular complexity index is 975. The number of amides is 2. The average Bonchev–Trinajstić information content (AvgIpc) is 2.70. The van der Waals surface area contributed by atoms with Crippen LogP contribution in [0.25, 0.3) is 0 Å². The van der Waals surface area contributed by atoms with Crippen molar-refractivity contribution < 1.29 is 14.4 Å². The van der Waals surface area contributed by atoms with Crippen LogP contribution < -0.4 is 10.6 Å². The van der Waals surface area contributed by atoms with Gasteiger partial charge in [0.2, 0.25) is 11.8 Å². The summed E-state index contributed by atoms with van der Waals surface area (Å²) in [5, 5.41) is 5.72. The van der Waals surface area contributed by atoms with Crippen LogP contribution in [0.3, 0.4) is 0 Å². The van der Waals surface area contributed by atoms with E-state index in [4.69, 9.17) is 0 Å². The van der Waals surface area contributed by atoms with Crippen molar-refractivity contribution in [3.8, 4) is 0 Å². The van der Waals surface area contributed by atoms with Crippen molar-refractivity contribution in [3.63, 3.8) is 0 Å². The van der Waals surface area contributed by atoms with Crippen LogP contribution >= 0.6 is 0 Å². The molecule has 0 radical (unpaired) electrons. The molecule has 164 valence electrons. The van der Waals surface area contributed by atoms with Gasteiger partial charge in [0.15, 0.2) is 5.78 Å². The Balaban J connectivity index is 1.75. The van der Waals surface area contributed by atoms with E-state index in [2.05, 4.69) is 15.6 Å². The van der Waals surface area contributed by atoms with Gasteiger partial charge >= 0.3 is 0 Å². The number of aliphatic imine (C=N–C) groups is 1. The summed E-state index contributed by atoms with van der Waals surface area (Å²) < 4.78 is 0. The molecule has 31 heavy (non-hydrogen) atoms. The van der Waals surface area contributed by atoms with Crippen molar-refractivity contribution in [2.45, 2.75) is 12.8 Å². The summed E-state index contributed by atoms with van der Waals surface area (Å²) in [5.74, 6) is -0.690. The van der Waals surface area contributed by atoms with Crippen LogP contribution in [-0.4, -0.2) is 74.4 Å². The van der Waals surface area contributed by atoms with Gasteiger partial charge < -0.3 is 20.4 Å². The van der Waals surface area contributed by atoms with E-state index in [1.54, 1.807) is 36.4 Å². The standard InChI is InChI=1S/C23H29N5O3/c1-27(2)11-9-21(29)24-15-5-7-17-19(13-15)26-20-14-16(6-8-18(20)23(17)31)25-22(30)10-12-28(3)4/h5-8,13-14,17H,9-12H2,1-4H3,(H,24,29)(H,25,30). The van der Waals surface area contributed by atoms with Gasteiger partial charge in [-0.2, -0.15) is 0 Å². The molecule has 1 unspecified atom stereocenters. The largest absolute Gasteiger partial charge is 0.326 e. The highest BCUT2D eigenvalue weighted by Gasteiger charge is 2.30. The van der Waals surface area contributed by atoms with Crippen LogP contribution in [0, 0.1) is 5.92 Å². The van der Waals surface area contributed by atoms with Gasteiger partial charge in [0.25, 0.3) is 0 Å². The number of hydrogen-bond donors (Lipinski definition) is 2. The summed E-state index contributed by atoms with van der Waals surface area (Å²) in [6.45, 7) is 1.31. The highest BCUT2D eigenvalue weighted by Crippen LogP contribution is 2.33. The monoisotopic (exact) mass is 423 g/mol. The molecule has 0 saturated carbocycles. The Kier molecular flexibility index (Phi) is 7.14. The third-order valence-electron chi connectivity index (χ3n) is 5.03. The number of rotatable bonds is 8. The number of nitrogens with zero attached hydrogens (tertiary/aromatic N) is 3. The molecule has 0 aromatic heterocycles. The SMILES string of the molecule is CN(C)CCC(=O)NC1=CC2=Nc3cc(NC(=O)CCN(C)C)ccc3C(=O)C2C=C1. The lowest BCUT2D eigenvalue weighted by molar-refractivity contribution is -0.120. The normalized spacial score (nSPS) is 17.1. The fourth-order valence-electron chi connectivity index (χ4n) is 3.31. The second-order valence-corrected chi connectivity index (χ2v) is 8.27. The third-order valence-corrected chi connectivity index (χ3v) is 5.03. The fourth-order valence-corrected chi connectivity index (χ4v) is 3.31. The van der Waals surface area contributed by atoms with Crippen molar-refractivity contribution in [2.24, 2.45) is 10.9 Å². The summed E-state index contributed by atoms with van der Waals surface area (Å²) in [5.41, 5.74) is 2.84. The van der Waals surface area contributed by atoms with E-state index in [0.717, 1.165) is 0 Å². The predicted octanol–water partition coefficient (Wildman–Crippen LogP) is 1.98. The number of hydrogen-bond acceptors (Lipinski definition) is 6. The van der Waals surface area contributed by atoms with Crippen LogP contribution in [0.4, 0.5) is 11.4 Å². The molecule has 8 heteroatoms. The number of carbonyl (C=O) groups excluding carboxylic acids is 3. The van der Waals surface area contributed by atoms with E-state index in [9.17, 15) is 14.4 Å². The van der Waals surface area contributed by atoms with Crippen molar-refractivity contribution in [3.05, 3.63) is 47.7 Å². The second kappa shape index (κ2) is 9.80. The van der Waals surface area contributed by atoms with Gasteiger partial charge in [-0.25, -0.2) is 0 Å². The van der Waals surface area contributed by atoms with Gasteiger partial charge in [0.05, 0.1) is 17.3 Å². The molecule has 0 bridgehead atoms. The summed E-state index contributed by atoms with van der Waals surface area (Å²) in [7, 11) is 7.65. The average molecular weight is 424 g/mol. The Morgan fingerprint density at radius 1 is 1.00 bits per heavy atom. The van der Waals surface area contributed by atoms with Crippen LogP contribution in [0.15, 0.2) is 47.1 Å². The first kappa shape index (κ1) is 22.6. The Morgan fingerprint density at radius 2 is 1.65 bits per heavy atom. The molecule has 0 saturated heterocycles.